The Balaban J connectivity index is 2.04. The molecule has 2 aromatic heterocycles. The summed E-state index contributed by atoms with van der Waals surface area (Å²) in [6.07, 6.45) is -2.68. The summed E-state index contributed by atoms with van der Waals surface area (Å²) in [5.41, 5.74) is 1.14. The van der Waals surface area contributed by atoms with Gasteiger partial charge in [0.2, 0.25) is 5.65 Å². The number of hydrogen-bond acceptors (Lipinski definition) is 4. The minimum Gasteiger partial charge on any atom is -0.320 e. The molecule has 0 spiro atoms. The lowest BCUT2D eigenvalue weighted by Crippen LogP contribution is -2.25. The number of aromatic nitrogens is 4. The van der Waals surface area contributed by atoms with Gasteiger partial charge in [-0.05, 0) is 36.4 Å². The summed E-state index contributed by atoms with van der Waals surface area (Å²) in [5, 5.41) is 9.68. The predicted octanol–water partition coefficient (Wildman–Crippen LogP) is 5.47. The Morgan fingerprint density at radius 3 is 2.68 bits per heavy atom. The molecule has 2 heterocycles. The van der Waals surface area contributed by atoms with E-state index in [9.17, 15) is 13.2 Å². The van der Waals surface area contributed by atoms with Crippen LogP contribution in [0.25, 0.3) is 21.9 Å². The fourth-order valence-corrected chi connectivity index (χ4v) is 3.76. The molecule has 0 aliphatic rings. The number of pyridine rings is 1. The summed E-state index contributed by atoms with van der Waals surface area (Å²) in [4.78, 5) is 5.73. The molecule has 0 unspecified atom stereocenters. The zero-order chi connectivity index (χ0) is 20.0. The number of aryl methyl sites for hydroxylation is 1. The molecule has 0 saturated heterocycles. The first-order valence-electron chi connectivity index (χ1n) is 8.14. The van der Waals surface area contributed by atoms with Crippen molar-refractivity contribution in [1.29, 1.82) is 0 Å². The number of rotatable bonds is 4. The van der Waals surface area contributed by atoms with Crippen LogP contribution in [0.5, 0.6) is 0 Å². The number of anilines is 2. The number of fused-ring (bicyclic) bond motifs is 3. The molecule has 10 heteroatoms. The highest BCUT2D eigenvalue weighted by Gasteiger charge is 2.22. The van der Waals surface area contributed by atoms with E-state index in [1.165, 1.54) is 17.0 Å². The third kappa shape index (κ3) is 3.40. The van der Waals surface area contributed by atoms with Crippen molar-refractivity contribution in [1.82, 2.24) is 20.0 Å². The molecule has 0 fully saturated rings. The average molecular weight is 471 g/mol. The number of halogens is 5. The van der Waals surface area contributed by atoms with Gasteiger partial charge in [0, 0.05) is 33.0 Å². The first kappa shape index (κ1) is 18.9. The average Bonchev–Trinajstić information content (AvgIpc) is 2.99. The molecule has 0 radical (unpaired) electrons. The molecule has 0 saturated carbocycles. The minimum absolute atomic E-state index is 0.220. The lowest BCUT2D eigenvalue weighted by atomic mass is 10.1. The second kappa shape index (κ2) is 7.21. The third-order valence-corrected chi connectivity index (χ3v) is 4.93. The van der Waals surface area contributed by atoms with Crippen LogP contribution in [0.2, 0.25) is 5.02 Å². The van der Waals surface area contributed by atoms with Gasteiger partial charge in [-0.2, -0.15) is 0 Å². The monoisotopic (exact) mass is 469 g/mol. The lowest BCUT2D eigenvalue weighted by molar-refractivity contribution is 0.158. The van der Waals surface area contributed by atoms with Crippen LogP contribution < -0.4 is 4.90 Å². The number of hydrogen-bond donors (Lipinski definition) is 0. The maximum absolute atomic E-state index is 14.0. The fraction of sp³-hybridized carbons (Fsp3) is 0.167. The summed E-state index contributed by atoms with van der Waals surface area (Å²) in [7, 11) is 1.71. The Morgan fingerprint density at radius 1 is 1.18 bits per heavy atom. The van der Waals surface area contributed by atoms with Gasteiger partial charge in [0.15, 0.2) is 0 Å². The van der Waals surface area contributed by atoms with E-state index in [2.05, 4.69) is 31.2 Å². The SMILES string of the molecule is Cn1nnc2nc(N(CC(F)F)c3cc(F)cc(Br)c3)c3ccc(Cl)cc3c21. The Bertz CT molecular complexity index is 1180. The van der Waals surface area contributed by atoms with Gasteiger partial charge in [0.25, 0.3) is 6.43 Å². The summed E-state index contributed by atoms with van der Waals surface area (Å²) in [6.45, 7) is -0.674. The highest BCUT2D eigenvalue weighted by molar-refractivity contribution is 9.10. The zero-order valence-electron chi connectivity index (χ0n) is 14.4. The first-order valence-corrected chi connectivity index (χ1v) is 9.31. The lowest BCUT2D eigenvalue weighted by Gasteiger charge is -2.25. The van der Waals surface area contributed by atoms with Crippen LogP contribution in [0.15, 0.2) is 40.9 Å². The second-order valence-corrected chi connectivity index (χ2v) is 7.49. The van der Waals surface area contributed by atoms with Crippen LogP contribution >= 0.6 is 27.5 Å². The quantitative estimate of drug-likeness (QED) is 0.397. The molecule has 5 nitrogen and oxygen atoms in total. The van der Waals surface area contributed by atoms with Crippen molar-refractivity contribution in [2.45, 2.75) is 6.43 Å². The standard InChI is InChI=1S/C18H12BrClF3N5/c1-27-16-14-6-10(20)2-3-13(14)18(24-17(16)25-26-27)28(8-15(22)23)12-5-9(19)4-11(21)7-12/h2-7,15H,8H2,1H3. The van der Waals surface area contributed by atoms with Gasteiger partial charge in [-0.25, -0.2) is 22.8 Å². The van der Waals surface area contributed by atoms with Gasteiger partial charge in [0.05, 0.1) is 6.54 Å². The zero-order valence-corrected chi connectivity index (χ0v) is 16.7. The van der Waals surface area contributed by atoms with Crippen LogP contribution in [0.1, 0.15) is 0 Å². The van der Waals surface area contributed by atoms with E-state index in [1.54, 1.807) is 36.0 Å². The van der Waals surface area contributed by atoms with E-state index in [4.69, 9.17) is 11.6 Å². The van der Waals surface area contributed by atoms with Crippen molar-refractivity contribution >= 4 is 61.0 Å². The van der Waals surface area contributed by atoms with Gasteiger partial charge in [-0.15, -0.1) is 5.10 Å². The van der Waals surface area contributed by atoms with Crippen molar-refractivity contribution in [2.75, 3.05) is 11.4 Å². The van der Waals surface area contributed by atoms with Crippen molar-refractivity contribution < 1.29 is 13.2 Å². The molecule has 2 aromatic carbocycles. The van der Waals surface area contributed by atoms with E-state index < -0.39 is 18.8 Å². The van der Waals surface area contributed by atoms with E-state index in [0.717, 1.165) is 0 Å². The van der Waals surface area contributed by atoms with Gasteiger partial charge in [-0.3, -0.25) is 0 Å². The number of benzene rings is 2. The van der Waals surface area contributed by atoms with Gasteiger partial charge >= 0.3 is 0 Å². The van der Waals surface area contributed by atoms with E-state index in [-0.39, 0.29) is 17.2 Å². The summed E-state index contributed by atoms with van der Waals surface area (Å²) in [6, 6.07) is 9.02. The highest BCUT2D eigenvalue weighted by atomic mass is 79.9. The Kier molecular flexibility index (Phi) is 4.88. The Morgan fingerprint density at radius 2 is 1.96 bits per heavy atom. The Hall–Kier alpha value is -2.39. The smallest absolute Gasteiger partial charge is 0.256 e. The molecule has 0 aliphatic heterocycles. The van der Waals surface area contributed by atoms with E-state index >= 15 is 0 Å². The number of alkyl halides is 2. The molecule has 4 rings (SSSR count). The largest absolute Gasteiger partial charge is 0.320 e. The summed E-state index contributed by atoms with van der Waals surface area (Å²) in [5.74, 6) is -0.339. The maximum atomic E-state index is 14.0. The normalized spacial score (nSPS) is 11.7. The van der Waals surface area contributed by atoms with E-state index in [1.807, 2.05) is 0 Å². The molecule has 4 aromatic rings. The summed E-state index contributed by atoms with van der Waals surface area (Å²) < 4.78 is 42.7. The third-order valence-electron chi connectivity index (χ3n) is 4.23. The van der Waals surface area contributed by atoms with Crippen molar-refractivity contribution in [2.24, 2.45) is 7.05 Å². The molecule has 0 amide bonds. The maximum Gasteiger partial charge on any atom is 0.256 e. The highest BCUT2D eigenvalue weighted by Crippen LogP contribution is 2.36. The molecule has 0 aliphatic carbocycles. The Labute approximate surface area is 170 Å². The fourth-order valence-electron chi connectivity index (χ4n) is 3.14. The minimum atomic E-state index is -2.68. The predicted molar refractivity (Wildman–Crippen MR) is 106 cm³/mol. The molecular formula is C18H12BrClF3N5. The van der Waals surface area contributed by atoms with Gasteiger partial charge in [0.1, 0.15) is 17.2 Å². The molecule has 0 atom stereocenters. The first-order chi connectivity index (χ1) is 13.3. The van der Waals surface area contributed by atoms with E-state index in [0.29, 0.717) is 25.8 Å². The van der Waals surface area contributed by atoms with Crippen molar-refractivity contribution in [3.63, 3.8) is 0 Å². The van der Waals surface area contributed by atoms with Crippen molar-refractivity contribution in [3.05, 3.63) is 51.7 Å². The molecule has 0 bridgehead atoms. The van der Waals surface area contributed by atoms with Gasteiger partial charge in [-0.1, -0.05) is 32.7 Å². The van der Waals surface area contributed by atoms with Crippen LogP contribution in [-0.4, -0.2) is 32.9 Å². The summed E-state index contributed by atoms with van der Waals surface area (Å²) >= 11 is 9.36. The topological polar surface area (TPSA) is 46.8 Å². The van der Waals surface area contributed by atoms with Gasteiger partial charge < -0.3 is 4.90 Å². The van der Waals surface area contributed by atoms with Crippen LogP contribution in [0.3, 0.4) is 0 Å². The van der Waals surface area contributed by atoms with Crippen LogP contribution in [0, 0.1) is 5.82 Å². The second-order valence-electron chi connectivity index (χ2n) is 6.14. The molecule has 0 N–H and O–H groups in total. The van der Waals surface area contributed by atoms with Crippen LogP contribution in [0.4, 0.5) is 24.7 Å². The van der Waals surface area contributed by atoms with Crippen LogP contribution in [-0.2, 0) is 7.05 Å². The van der Waals surface area contributed by atoms with Crippen molar-refractivity contribution in [3.8, 4) is 0 Å². The molecular weight excluding hydrogens is 459 g/mol. The number of nitrogens with zero attached hydrogens (tertiary/aromatic N) is 5. The molecule has 144 valence electrons. The molecule has 28 heavy (non-hydrogen) atoms.